The summed E-state index contributed by atoms with van der Waals surface area (Å²) in [6.45, 7) is 12.9. The zero-order valence-corrected chi connectivity index (χ0v) is 11.8. The molecule has 0 rings (SSSR count). The molecule has 0 fully saturated rings. The van der Waals surface area contributed by atoms with E-state index in [0.29, 0.717) is 0 Å². The van der Waals surface area contributed by atoms with Crippen molar-refractivity contribution in [2.75, 3.05) is 0 Å². The van der Waals surface area contributed by atoms with Crippen LogP contribution in [0, 0.1) is 0 Å². The lowest BCUT2D eigenvalue weighted by atomic mass is 10.2. The molecule has 0 radical (unpaired) electrons. The molecule has 1 nitrogen and oxygen atoms in total. The lowest BCUT2D eigenvalue weighted by Gasteiger charge is -2.25. The van der Waals surface area contributed by atoms with Gasteiger partial charge in [-0.2, -0.15) is 0 Å². The van der Waals surface area contributed by atoms with Crippen molar-refractivity contribution in [2.24, 2.45) is 0 Å². The molecule has 0 saturated carbocycles. The maximum atomic E-state index is 6.07. The number of allylic oxidation sites excluding steroid dienone is 1. The minimum atomic E-state index is -1.29. The summed E-state index contributed by atoms with van der Waals surface area (Å²) in [5, 5.41) is 0. The van der Waals surface area contributed by atoms with Gasteiger partial charge in [-0.15, -0.1) is 6.58 Å². The topological polar surface area (TPSA) is 9.23 Å². The molecule has 13 heavy (non-hydrogen) atoms. The Labute approximate surface area is 86.1 Å². The van der Waals surface area contributed by atoms with Gasteiger partial charge in [0.05, 0.1) is 0 Å². The second kappa shape index (κ2) is 6.57. The minimum Gasteiger partial charge on any atom is -0.458 e. The van der Waals surface area contributed by atoms with Crippen molar-refractivity contribution in [1.82, 2.24) is 0 Å². The summed E-state index contributed by atoms with van der Waals surface area (Å²) >= 11 is 0. The first-order valence-electron chi connectivity index (χ1n) is 5.26. The summed E-state index contributed by atoms with van der Waals surface area (Å²) in [6.07, 6.45) is 5.76. The molecule has 3 heteroatoms. The highest BCUT2D eigenvalue weighted by Crippen LogP contribution is 2.17. The van der Waals surface area contributed by atoms with Crippen molar-refractivity contribution >= 4 is 17.4 Å². The monoisotopic (exact) mass is 216 g/mol. The highest BCUT2D eigenvalue weighted by Gasteiger charge is 2.22. The van der Waals surface area contributed by atoms with Crippen LogP contribution in [0.2, 0.25) is 32.2 Å². The van der Waals surface area contributed by atoms with E-state index in [1.165, 1.54) is 18.9 Å². The Bertz CT molecular complexity index is 144. The molecular formula is C10H24OSi2. The van der Waals surface area contributed by atoms with Crippen LogP contribution in [0.25, 0.3) is 0 Å². The average Bonchev–Trinajstić information content (AvgIpc) is 1.95. The Hall–Kier alpha value is 0.134. The quantitative estimate of drug-likeness (QED) is 0.359. The van der Waals surface area contributed by atoms with Crippen LogP contribution in [0.1, 0.15) is 19.3 Å². The Morgan fingerprint density at radius 1 is 1.31 bits per heavy atom. The summed E-state index contributed by atoms with van der Waals surface area (Å²) in [4.78, 5) is 0. The molecule has 0 saturated heterocycles. The van der Waals surface area contributed by atoms with Gasteiger partial charge in [-0.3, -0.25) is 0 Å². The van der Waals surface area contributed by atoms with Crippen LogP contribution >= 0.6 is 0 Å². The normalized spacial score (nSPS) is 12.1. The van der Waals surface area contributed by atoms with Crippen molar-refractivity contribution in [3.63, 3.8) is 0 Å². The van der Waals surface area contributed by atoms with Crippen LogP contribution in [0.15, 0.2) is 12.7 Å². The van der Waals surface area contributed by atoms with Crippen LogP contribution in [-0.2, 0) is 4.12 Å². The maximum Gasteiger partial charge on any atom is 0.173 e. The van der Waals surface area contributed by atoms with Crippen LogP contribution < -0.4 is 0 Å². The summed E-state index contributed by atoms with van der Waals surface area (Å²) in [6, 6.07) is 1.31. The van der Waals surface area contributed by atoms with E-state index in [0.717, 1.165) is 6.42 Å². The van der Waals surface area contributed by atoms with Gasteiger partial charge in [0.15, 0.2) is 17.4 Å². The Morgan fingerprint density at radius 3 is 2.38 bits per heavy atom. The predicted molar refractivity (Wildman–Crippen MR) is 66.3 cm³/mol. The van der Waals surface area contributed by atoms with E-state index in [4.69, 9.17) is 4.12 Å². The molecule has 0 atom stereocenters. The third-order valence-corrected chi connectivity index (χ3v) is 7.99. The fraction of sp³-hybridized carbons (Fsp3) is 0.800. The van der Waals surface area contributed by atoms with Crippen LogP contribution in [0.3, 0.4) is 0 Å². The van der Waals surface area contributed by atoms with Gasteiger partial charge in [0.2, 0.25) is 0 Å². The van der Waals surface area contributed by atoms with Gasteiger partial charge in [-0.25, -0.2) is 0 Å². The van der Waals surface area contributed by atoms with Crippen molar-refractivity contribution in [1.29, 1.82) is 0 Å². The number of unbranched alkanes of at least 4 members (excludes halogenated alkanes) is 2. The predicted octanol–water partition coefficient (Wildman–Crippen LogP) is 3.55. The van der Waals surface area contributed by atoms with E-state index in [2.05, 4.69) is 32.8 Å². The second-order valence-electron chi connectivity index (χ2n) is 4.46. The Morgan fingerprint density at radius 2 is 1.92 bits per heavy atom. The smallest absolute Gasteiger partial charge is 0.173 e. The zero-order valence-electron chi connectivity index (χ0n) is 9.60. The second-order valence-corrected chi connectivity index (χ2v) is 11.5. The Kier molecular flexibility index (Phi) is 6.63. The third kappa shape index (κ3) is 8.46. The average molecular weight is 216 g/mol. The summed E-state index contributed by atoms with van der Waals surface area (Å²) in [5.74, 6) is 0. The summed E-state index contributed by atoms with van der Waals surface area (Å²) < 4.78 is 6.07. The van der Waals surface area contributed by atoms with Crippen LogP contribution in [-0.4, -0.2) is 17.4 Å². The molecule has 0 aliphatic heterocycles. The van der Waals surface area contributed by atoms with E-state index < -0.39 is 17.4 Å². The van der Waals surface area contributed by atoms with E-state index in [-0.39, 0.29) is 0 Å². The first kappa shape index (κ1) is 13.1. The van der Waals surface area contributed by atoms with Gasteiger partial charge in [0, 0.05) is 0 Å². The number of hydrogen-bond donors (Lipinski definition) is 0. The molecule has 0 aromatic heterocycles. The van der Waals surface area contributed by atoms with Crippen molar-refractivity contribution in [3.05, 3.63) is 12.7 Å². The SMILES string of the molecule is C=CCCCC[Si](C)(C)O[SiH](C)C. The maximum absolute atomic E-state index is 6.07. The van der Waals surface area contributed by atoms with Gasteiger partial charge >= 0.3 is 0 Å². The van der Waals surface area contributed by atoms with Gasteiger partial charge in [-0.1, -0.05) is 18.9 Å². The molecule has 0 spiro atoms. The third-order valence-electron chi connectivity index (χ3n) is 1.99. The van der Waals surface area contributed by atoms with Crippen molar-refractivity contribution < 1.29 is 4.12 Å². The van der Waals surface area contributed by atoms with Gasteiger partial charge in [-0.05, 0) is 38.7 Å². The van der Waals surface area contributed by atoms with Gasteiger partial charge in [0.1, 0.15) is 0 Å². The molecule has 0 N–H and O–H groups in total. The molecule has 0 bridgehead atoms. The van der Waals surface area contributed by atoms with Gasteiger partial charge < -0.3 is 4.12 Å². The lowest BCUT2D eigenvalue weighted by molar-refractivity contribution is 0.563. The van der Waals surface area contributed by atoms with E-state index in [9.17, 15) is 0 Å². The highest BCUT2D eigenvalue weighted by molar-refractivity contribution is 6.77. The van der Waals surface area contributed by atoms with Crippen molar-refractivity contribution in [3.8, 4) is 0 Å². The standard InChI is InChI=1S/C10H24OSi2/c1-6-7-8-9-10-13(4,5)11-12(2)3/h6,12H,1,7-10H2,2-5H3. The lowest BCUT2D eigenvalue weighted by Crippen LogP contribution is -2.34. The highest BCUT2D eigenvalue weighted by atomic mass is 28.4. The van der Waals surface area contributed by atoms with Crippen molar-refractivity contribution in [2.45, 2.75) is 51.5 Å². The zero-order chi connectivity index (χ0) is 10.3. The first-order chi connectivity index (χ1) is 5.98. The molecule has 0 amide bonds. The molecular weight excluding hydrogens is 192 g/mol. The fourth-order valence-electron chi connectivity index (χ4n) is 1.54. The number of hydrogen-bond acceptors (Lipinski definition) is 1. The fourth-order valence-corrected chi connectivity index (χ4v) is 8.21. The number of rotatable bonds is 7. The molecule has 0 heterocycles. The Balaban J connectivity index is 3.56. The molecule has 0 aliphatic carbocycles. The van der Waals surface area contributed by atoms with E-state index in [1.54, 1.807) is 0 Å². The summed E-state index contributed by atoms with van der Waals surface area (Å²) in [7, 11) is -2.10. The molecule has 0 aromatic carbocycles. The van der Waals surface area contributed by atoms with Crippen LogP contribution in [0.4, 0.5) is 0 Å². The van der Waals surface area contributed by atoms with Gasteiger partial charge in [0.25, 0.3) is 0 Å². The summed E-state index contributed by atoms with van der Waals surface area (Å²) in [5.41, 5.74) is 0. The first-order valence-corrected chi connectivity index (χ1v) is 11.2. The largest absolute Gasteiger partial charge is 0.458 e. The molecule has 0 aromatic rings. The molecule has 0 unspecified atom stereocenters. The molecule has 78 valence electrons. The molecule has 0 aliphatic rings. The van der Waals surface area contributed by atoms with E-state index in [1.807, 2.05) is 6.08 Å². The van der Waals surface area contributed by atoms with E-state index >= 15 is 0 Å². The van der Waals surface area contributed by atoms with Crippen LogP contribution in [0.5, 0.6) is 0 Å². The minimum absolute atomic E-state index is 0.813.